The van der Waals surface area contributed by atoms with E-state index >= 15 is 0 Å². The summed E-state index contributed by atoms with van der Waals surface area (Å²) in [5, 5.41) is 3.65. The fourth-order valence-electron chi connectivity index (χ4n) is 2.98. The Hall–Kier alpha value is -2.20. The minimum atomic E-state index is 0.0504. The van der Waals surface area contributed by atoms with Crippen LogP contribution in [0.25, 0.3) is 0 Å². The second kappa shape index (κ2) is 6.50. The molecular formula is C18H19ClN2O2. The van der Waals surface area contributed by atoms with Gasteiger partial charge in [-0.25, -0.2) is 0 Å². The highest BCUT2D eigenvalue weighted by atomic mass is 35.5. The van der Waals surface area contributed by atoms with E-state index in [1.807, 2.05) is 29.2 Å². The monoisotopic (exact) mass is 330 g/mol. The quantitative estimate of drug-likeness (QED) is 0.928. The summed E-state index contributed by atoms with van der Waals surface area (Å²) in [5.74, 6) is 0.667. The molecule has 0 saturated carbocycles. The Balaban J connectivity index is 1.69. The van der Waals surface area contributed by atoms with Crippen molar-refractivity contribution >= 4 is 28.9 Å². The van der Waals surface area contributed by atoms with Crippen molar-refractivity contribution in [3.63, 3.8) is 0 Å². The fraction of sp³-hybridized carbons (Fsp3) is 0.278. The van der Waals surface area contributed by atoms with Crippen LogP contribution in [0.2, 0.25) is 5.02 Å². The second-order valence-corrected chi connectivity index (χ2v) is 6.06. The molecule has 0 saturated heterocycles. The molecule has 1 unspecified atom stereocenters. The van der Waals surface area contributed by atoms with Crippen molar-refractivity contribution in [1.82, 2.24) is 0 Å². The van der Waals surface area contributed by atoms with E-state index in [1.54, 1.807) is 19.2 Å². The largest absolute Gasteiger partial charge is 0.495 e. The second-order valence-electron chi connectivity index (χ2n) is 5.65. The lowest BCUT2D eigenvalue weighted by atomic mass is 10.1. The third kappa shape index (κ3) is 3.13. The zero-order valence-corrected chi connectivity index (χ0v) is 13.9. The molecule has 0 aromatic heterocycles. The van der Waals surface area contributed by atoms with Crippen molar-refractivity contribution in [1.29, 1.82) is 0 Å². The molecule has 5 heteroatoms. The van der Waals surface area contributed by atoms with E-state index in [9.17, 15) is 4.79 Å². The lowest BCUT2D eigenvalue weighted by molar-refractivity contribution is -0.117. The Morgan fingerprint density at radius 2 is 2.13 bits per heavy atom. The van der Waals surface area contributed by atoms with Crippen molar-refractivity contribution in [2.24, 2.45) is 0 Å². The first kappa shape index (κ1) is 15.7. The lowest BCUT2D eigenvalue weighted by Crippen LogP contribution is -2.39. The molecule has 0 spiro atoms. The molecule has 0 aliphatic carbocycles. The van der Waals surface area contributed by atoms with Gasteiger partial charge in [0.05, 0.1) is 18.7 Å². The maximum Gasteiger partial charge on any atom is 0.246 e. The molecule has 1 atom stereocenters. The minimum absolute atomic E-state index is 0.0504. The number of hydrogen-bond donors (Lipinski definition) is 1. The van der Waals surface area contributed by atoms with Gasteiger partial charge >= 0.3 is 0 Å². The summed E-state index contributed by atoms with van der Waals surface area (Å²) in [7, 11) is 1.57. The molecule has 1 aliphatic heterocycles. The average molecular weight is 331 g/mol. The number of carbonyl (C=O) groups excluding carboxylic acids is 1. The molecule has 23 heavy (non-hydrogen) atoms. The normalized spacial score (nSPS) is 16.1. The Morgan fingerprint density at radius 1 is 1.35 bits per heavy atom. The number of nitrogens with one attached hydrogen (secondary N) is 1. The number of anilines is 2. The number of carbonyl (C=O) groups is 1. The summed E-state index contributed by atoms with van der Waals surface area (Å²) in [6.45, 7) is 2.30. The molecule has 1 N–H and O–H groups in total. The first-order chi connectivity index (χ1) is 11.1. The van der Waals surface area contributed by atoms with Crippen molar-refractivity contribution < 1.29 is 9.53 Å². The fourth-order valence-corrected chi connectivity index (χ4v) is 3.24. The Labute approximate surface area is 141 Å². The van der Waals surface area contributed by atoms with Crippen LogP contribution in [0.1, 0.15) is 12.5 Å². The molecular weight excluding hydrogens is 312 g/mol. The molecule has 0 bridgehead atoms. The van der Waals surface area contributed by atoms with Crippen molar-refractivity contribution in [2.75, 3.05) is 23.9 Å². The number of halogens is 1. The zero-order valence-electron chi connectivity index (χ0n) is 13.2. The topological polar surface area (TPSA) is 41.6 Å². The van der Waals surface area contributed by atoms with Gasteiger partial charge in [0.2, 0.25) is 5.91 Å². The third-order valence-corrected chi connectivity index (χ3v) is 4.37. The molecule has 120 valence electrons. The van der Waals surface area contributed by atoms with E-state index in [2.05, 4.69) is 18.3 Å². The molecule has 3 rings (SSSR count). The summed E-state index contributed by atoms with van der Waals surface area (Å²) < 4.78 is 5.13. The van der Waals surface area contributed by atoms with Crippen LogP contribution in [0.4, 0.5) is 11.4 Å². The Morgan fingerprint density at radius 3 is 2.87 bits per heavy atom. The van der Waals surface area contributed by atoms with E-state index in [-0.39, 0.29) is 18.5 Å². The van der Waals surface area contributed by atoms with Gasteiger partial charge in [-0.1, -0.05) is 29.8 Å². The highest BCUT2D eigenvalue weighted by Gasteiger charge is 2.30. The lowest BCUT2D eigenvalue weighted by Gasteiger charge is -2.23. The smallest absolute Gasteiger partial charge is 0.246 e. The minimum Gasteiger partial charge on any atom is -0.495 e. The first-order valence-electron chi connectivity index (χ1n) is 7.57. The van der Waals surface area contributed by atoms with Crippen molar-refractivity contribution in [3.8, 4) is 5.75 Å². The number of para-hydroxylation sites is 1. The standard InChI is InChI=1S/C18H19ClN2O2/c1-12-9-13-5-3-4-6-16(13)21(12)18(22)11-20-14-7-8-17(23-2)15(19)10-14/h3-8,10,12,20H,9,11H2,1-2H3. The van der Waals surface area contributed by atoms with Gasteiger partial charge in [-0.3, -0.25) is 4.79 Å². The van der Waals surface area contributed by atoms with Gasteiger partial charge < -0.3 is 15.0 Å². The number of rotatable bonds is 4. The molecule has 2 aromatic rings. The molecule has 1 aliphatic rings. The van der Waals surface area contributed by atoms with E-state index in [4.69, 9.17) is 16.3 Å². The SMILES string of the molecule is COc1ccc(NCC(=O)N2c3ccccc3CC2C)cc1Cl. The molecule has 1 heterocycles. The molecule has 2 aromatic carbocycles. The van der Waals surface area contributed by atoms with Gasteiger partial charge in [-0.05, 0) is 43.2 Å². The number of nitrogens with zero attached hydrogens (tertiary/aromatic N) is 1. The number of benzene rings is 2. The molecule has 1 amide bonds. The van der Waals surface area contributed by atoms with Crippen LogP contribution < -0.4 is 15.0 Å². The van der Waals surface area contributed by atoms with Crippen LogP contribution in [-0.4, -0.2) is 25.6 Å². The van der Waals surface area contributed by atoms with Crippen LogP contribution in [0.15, 0.2) is 42.5 Å². The van der Waals surface area contributed by atoms with Gasteiger partial charge in [-0.15, -0.1) is 0 Å². The van der Waals surface area contributed by atoms with E-state index in [0.717, 1.165) is 17.8 Å². The molecule has 0 radical (unpaired) electrons. The summed E-state index contributed by atoms with van der Waals surface area (Å²) in [6.07, 6.45) is 0.899. The van der Waals surface area contributed by atoms with E-state index in [0.29, 0.717) is 10.8 Å². The van der Waals surface area contributed by atoms with Gasteiger partial charge in [0.25, 0.3) is 0 Å². The van der Waals surface area contributed by atoms with Crippen LogP contribution in [0.5, 0.6) is 5.75 Å². The van der Waals surface area contributed by atoms with E-state index in [1.165, 1.54) is 5.56 Å². The average Bonchev–Trinajstić information content (AvgIpc) is 2.88. The number of hydrogen-bond acceptors (Lipinski definition) is 3. The summed E-state index contributed by atoms with van der Waals surface area (Å²) in [5.41, 5.74) is 3.03. The first-order valence-corrected chi connectivity index (χ1v) is 7.95. The van der Waals surface area contributed by atoms with Crippen LogP contribution in [0.3, 0.4) is 0 Å². The summed E-state index contributed by atoms with van der Waals surface area (Å²) >= 11 is 6.10. The number of fused-ring (bicyclic) bond motifs is 1. The van der Waals surface area contributed by atoms with Crippen LogP contribution in [-0.2, 0) is 11.2 Å². The third-order valence-electron chi connectivity index (χ3n) is 4.07. The maximum absolute atomic E-state index is 12.6. The van der Waals surface area contributed by atoms with Crippen molar-refractivity contribution in [2.45, 2.75) is 19.4 Å². The molecule has 0 fully saturated rings. The summed E-state index contributed by atoms with van der Waals surface area (Å²) in [4.78, 5) is 14.5. The summed E-state index contributed by atoms with van der Waals surface area (Å²) in [6, 6.07) is 13.6. The van der Waals surface area contributed by atoms with Gasteiger partial charge in [-0.2, -0.15) is 0 Å². The zero-order chi connectivity index (χ0) is 16.4. The Bertz CT molecular complexity index is 733. The van der Waals surface area contributed by atoms with Gasteiger partial charge in [0.1, 0.15) is 5.75 Å². The Kier molecular flexibility index (Phi) is 4.44. The highest BCUT2D eigenvalue weighted by Crippen LogP contribution is 2.32. The predicted molar refractivity (Wildman–Crippen MR) is 93.6 cm³/mol. The highest BCUT2D eigenvalue weighted by molar-refractivity contribution is 6.32. The van der Waals surface area contributed by atoms with E-state index < -0.39 is 0 Å². The molecule has 4 nitrogen and oxygen atoms in total. The van der Waals surface area contributed by atoms with Crippen LogP contribution in [0, 0.1) is 0 Å². The van der Waals surface area contributed by atoms with Crippen LogP contribution >= 0.6 is 11.6 Å². The maximum atomic E-state index is 12.6. The van der Waals surface area contributed by atoms with Gasteiger partial charge in [0.15, 0.2) is 0 Å². The predicted octanol–water partition coefficient (Wildman–Crippen LogP) is 3.74. The number of amides is 1. The van der Waals surface area contributed by atoms with Crippen molar-refractivity contribution in [3.05, 3.63) is 53.1 Å². The number of ether oxygens (including phenoxy) is 1. The number of methoxy groups -OCH3 is 1. The van der Waals surface area contributed by atoms with Gasteiger partial charge in [0, 0.05) is 17.4 Å².